The molecule has 0 unspecified atom stereocenters. The standard InChI is InChI=1S/C20H23F3N4O3/c1-27(2)17-9-4-13(20(21,22)23)12-16(17)26-18(28)10-11-24-19(29)25-14-5-7-15(30-3)8-6-14/h4-9,12H,10-11H2,1-3H3,(H,26,28)(H2,24,25,29). The van der Waals surface area contributed by atoms with E-state index in [2.05, 4.69) is 16.0 Å². The molecule has 2 aromatic rings. The van der Waals surface area contributed by atoms with Crippen LogP contribution in [-0.2, 0) is 11.0 Å². The monoisotopic (exact) mass is 424 g/mol. The van der Waals surface area contributed by atoms with Gasteiger partial charge in [-0.3, -0.25) is 4.79 Å². The molecule has 7 nitrogen and oxygen atoms in total. The number of ether oxygens (including phenoxy) is 1. The van der Waals surface area contributed by atoms with E-state index in [-0.39, 0.29) is 18.7 Å². The van der Waals surface area contributed by atoms with Crippen molar-refractivity contribution in [2.24, 2.45) is 0 Å². The predicted octanol–water partition coefficient (Wildman–Crippen LogP) is 3.93. The van der Waals surface area contributed by atoms with Gasteiger partial charge in [0.25, 0.3) is 0 Å². The SMILES string of the molecule is COc1ccc(NC(=O)NCCC(=O)Nc2cc(C(F)(F)F)ccc2N(C)C)cc1. The number of hydrogen-bond donors (Lipinski definition) is 3. The number of nitrogens with zero attached hydrogens (tertiary/aromatic N) is 1. The summed E-state index contributed by atoms with van der Waals surface area (Å²) in [6.07, 6.45) is -4.63. The van der Waals surface area contributed by atoms with Gasteiger partial charge in [-0.05, 0) is 42.5 Å². The number of carbonyl (C=O) groups is 2. The lowest BCUT2D eigenvalue weighted by molar-refractivity contribution is -0.137. The summed E-state index contributed by atoms with van der Waals surface area (Å²) in [7, 11) is 4.84. The van der Waals surface area contributed by atoms with E-state index in [0.717, 1.165) is 12.1 Å². The molecule has 0 spiro atoms. The normalized spacial score (nSPS) is 10.9. The summed E-state index contributed by atoms with van der Waals surface area (Å²) in [5.41, 5.74) is 0.154. The fraction of sp³-hybridized carbons (Fsp3) is 0.300. The maximum Gasteiger partial charge on any atom is 0.416 e. The lowest BCUT2D eigenvalue weighted by Gasteiger charge is -2.20. The minimum absolute atomic E-state index is 0.00405. The maximum atomic E-state index is 13.0. The number of carbonyl (C=O) groups excluding carboxylic acids is 2. The first-order valence-electron chi connectivity index (χ1n) is 8.97. The molecule has 10 heteroatoms. The van der Waals surface area contributed by atoms with Crippen LogP contribution in [0, 0.1) is 0 Å². The second-order valence-corrected chi connectivity index (χ2v) is 6.53. The van der Waals surface area contributed by atoms with Crippen LogP contribution in [0.3, 0.4) is 0 Å². The number of alkyl halides is 3. The van der Waals surface area contributed by atoms with Crippen LogP contribution in [0.2, 0.25) is 0 Å². The molecular formula is C20H23F3N4O3. The Bertz CT molecular complexity index is 884. The second-order valence-electron chi connectivity index (χ2n) is 6.53. The minimum Gasteiger partial charge on any atom is -0.497 e. The van der Waals surface area contributed by atoms with Crippen molar-refractivity contribution >= 4 is 29.0 Å². The Labute approximate surface area is 172 Å². The van der Waals surface area contributed by atoms with Crippen molar-refractivity contribution in [3.63, 3.8) is 0 Å². The van der Waals surface area contributed by atoms with E-state index in [1.54, 1.807) is 43.3 Å². The van der Waals surface area contributed by atoms with Crippen molar-refractivity contribution in [2.75, 3.05) is 43.3 Å². The van der Waals surface area contributed by atoms with E-state index in [1.807, 2.05) is 0 Å². The number of urea groups is 1. The van der Waals surface area contributed by atoms with Crippen LogP contribution in [0.4, 0.5) is 35.0 Å². The quantitative estimate of drug-likeness (QED) is 0.629. The summed E-state index contributed by atoms with van der Waals surface area (Å²) in [6, 6.07) is 9.29. The topological polar surface area (TPSA) is 82.7 Å². The molecule has 0 aliphatic rings. The predicted molar refractivity (Wildman–Crippen MR) is 109 cm³/mol. The first-order valence-corrected chi connectivity index (χ1v) is 8.97. The van der Waals surface area contributed by atoms with Gasteiger partial charge in [-0.25, -0.2) is 4.79 Å². The summed E-state index contributed by atoms with van der Waals surface area (Å²) in [5, 5.41) is 7.59. The van der Waals surface area contributed by atoms with Gasteiger partial charge in [0.05, 0.1) is 24.0 Å². The van der Waals surface area contributed by atoms with Gasteiger partial charge in [0.1, 0.15) is 5.75 Å². The largest absolute Gasteiger partial charge is 0.497 e. The van der Waals surface area contributed by atoms with E-state index in [9.17, 15) is 22.8 Å². The minimum atomic E-state index is -4.52. The summed E-state index contributed by atoms with van der Waals surface area (Å²) in [5.74, 6) is 0.117. The third kappa shape index (κ3) is 6.57. The van der Waals surface area contributed by atoms with Crippen molar-refractivity contribution in [1.82, 2.24) is 5.32 Å². The number of amides is 3. The Morgan fingerprint density at radius 2 is 1.70 bits per heavy atom. The third-order valence-corrected chi connectivity index (χ3v) is 4.07. The van der Waals surface area contributed by atoms with Crippen molar-refractivity contribution < 1.29 is 27.5 Å². The van der Waals surface area contributed by atoms with Crippen molar-refractivity contribution in [3.05, 3.63) is 48.0 Å². The lowest BCUT2D eigenvalue weighted by Crippen LogP contribution is -2.31. The van der Waals surface area contributed by atoms with Crippen molar-refractivity contribution in [1.29, 1.82) is 0 Å². The van der Waals surface area contributed by atoms with Gasteiger partial charge >= 0.3 is 12.2 Å². The van der Waals surface area contributed by atoms with E-state index in [4.69, 9.17) is 4.74 Å². The van der Waals surface area contributed by atoms with Crippen LogP contribution in [0.1, 0.15) is 12.0 Å². The average Bonchev–Trinajstić information content (AvgIpc) is 2.67. The molecule has 0 saturated heterocycles. The maximum absolute atomic E-state index is 13.0. The van der Waals surface area contributed by atoms with Crippen LogP contribution in [0.5, 0.6) is 5.75 Å². The Morgan fingerprint density at radius 3 is 2.27 bits per heavy atom. The van der Waals surface area contributed by atoms with Crippen LogP contribution >= 0.6 is 0 Å². The molecule has 0 aliphatic heterocycles. The first kappa shape index (κ1) is 22.9. The lowest BCUT2D eigenvalue weighted by atomic mass is 10.1. The number of halogens is 3. The van der Waals surface area contributed by atoms with Crippen molar-refractivity contribution in [2.45, 2.75) is 12.6 Å². The van der Waals surface area contributed by atoms with Gasteiger partial charge in [-0.15, -0.1) is 0 Å². The molecule has 30 heavy (non-hydrogen) atoms. The number of methoxy groups -OCH3 is 1. The fourth-order valence-electron chi connectivity index (χ4n) is 2.55. The zero-order valence-corrected chi connectivity index (χ0v) is 16.8. The van der Waals surface area contributed by atoms with E-state index in [1.165, 1.54) is 13.2 Å². The Balaban J connectivity index is 1.90. The summed E-state index contributed by atoms with van der Waals surface area (Å²) >= 11 is 0. The molecule has 162 valence electrons. The molecule has 0 heterocycles. The van der Waals surface area contributed by atoms with Gasteiger partial charge in [-0.1, -0.05) is 0 Å². The molecule has 2 rings (SSSR count). The van der Waals surface area contributed by atoms with Gasteiger partial charge in [0.15, 0.2) is 0 Å². The number of rotatable bonds is 7. The molecule has 0 fully saturated rings. The van der Waals surface area contributed by atoms with Gasteiger partial charge < -0.3 is 25.6 Å². The molecule has 0 bridgehead atoms. The fourth-order valence-corrected chi connectivity index (χ4v) is 2.55. The Morgan fingerprint density at radius 1 is 1.03 bits per heavy atom. The summed E-state index contributed by atoms with van der Waals surface area (Å²) in [6.45, 7) is 0.00405. The summed E-state index contributed by atoms with van der Waals surface area (Å²) in [4.78, 5) is 25.6. The number of anilines is 3. The van der Waals surface area contributed by atoms with Crippen LogP contribution in [0.15, 0.2) is 42.5 Å². The van der Waals surface area contributed by atoms with Crippen LogP contribution < -0.4 is 25.6 Å². The van der Waals surface area contributed by atoms with Crippen LogP contribution in [0.25, 0.3) is 0 Å². The first-order chi connectivity index (χ1) is 14.1. The molecule has 3 amide bonds. The van der Waals surface area contributed by atoms with E-state index >= 15 is 0 Å². The number of benzene rings is 2. The average molecular weight is 424 g/mol. The molecule has 0 aliphatic carbocycles. The molecule has 0 radical (unpaired) electrons. The second kappa shape index (κ2) is 9.86. The highest BCUT2D eigenvalue weighted by molar-refractivity contribution is 5.95. The Kier molecular flexibility index (Phi) is 7.51. The number of hydrogen-bond acceptors (Lipinski definition) is 4. The summed E-state index contributed by atoms with van der Waals surface area (Å²) < 4.78 is 43.9. The third-order valence-electron chi connectivity index (χ3n) is 4.07. The molecule has 0 atom stereocenters. The van der Waals surface area contributed by atoms with Gasteiger partial charge in [-0.2, -0.15) is 13.2 Å². The van der Waals surface area contributed by atoms with E-state index < -0.39 is 23.7 Å². The molecule has 3 N–H and O–H groups in total. The molecule has 2 aromatic carbocycles. The van der Waals surface area contributed by atoms with Gasteiger partial charge in [0, 0.05) is 32.7 Å². The Hall–Kier alpha value is -3.43. The molecular weight excluding hydrogens is 401 g/mol. The van der Waals surface area contributed by atoms with Crippen LogP contribution in [-0.4, -0.2) is 39.7 Å². The molecule has 0 saturated carbocycles. The number of nitrogens with one attached hydrogen (secondary N) is 3. The zero-order chi connectivity index (χ0) is 22.3. The smallest absolute Gasteiger partial charge is 0.416 e. The highest BCUT2D eigenvalue weighted by atomic mass is 19.4. The van der Waals surface area contributed by atoms with Gasteiger partial charge in [0.2, 0.25) is 5.91 Å². The highest BCUT2D eigenvalue weighted by Gasteiger charge is 2.31. The van der Waals surface area contributed by atoms with E-state index in [0.29, 0.717) is 17.1 Å². The van der Waals surface area contributed by atoms with Crippen molar-refractivity contribution in [3.8, 4) is 5.75 Å². The molecule has 0 aromatic heterocycles. The zero-order valence-electron chi connectivity index (χ0n) is 16.8. The highest BCUT2D eigenvalue weighted by Crippen LogP contribution is 2.34.